The summed E-state index contributed by atoms with van der Waals surface area (Å²) in [6.07, 6.45) is 0.733. The summed E-state index contributed by atoms with van der Waals surface area (Å²) in [5, 5.41) is 10.6. The lowest BCUT2D eigenvalue weighted by Gasteiger charge is -1.90. The molecule has 80 valence electrons. The van der Waals surface area contributed by atoms with Gasteiger partial charge >= 0.3 is 0 Å². The van der Waals surface area contributed by atoms with Crippen LogP contribution in [0.25, 0.3) is 11.6 Å². The molecule has 2 rings (SSSR count). The molecule has 6 heteroatoms. The van der Waals surface area contributed by atoms with Gasteiger partial charge in [0.05, 0.1) is 0 Å². The van der Waals surface area contributed by atoms with Crippen LogP contribution < -0.4 is 5.32 Å². The highest BCUT2D eigenvalue weighted by molar-refractivity contribution is 5.45. The Hall–Kier alpha value is -1.69. The topological polar surface area (TPSA) is 77.0 Å². The van der Waals surface area contributed by atoms with Crippen LogP contribution in [-0.2, 0) is 6.42 Å². The van der Waals surface area contributed by atoms with E-state index in [0.29, 0.717) is 17.4 Å². The SMILES string of the molecule is CNCCc1noc(-c2cc(C)on2)n1. The van der Waals surface area contributed by atoms with Crippen molar-refractivity contribution in [2.45, 2.75) is 13.3 Å². The second kappa shape index (κ2) is 4.22. The first kappa shape index (κ1) is 9.85. The Kier molecular flexibility index (Phi) is 2.77. The number of hydrogen-bond donors (Lipinski definition) is 1. The normalized spacial score (nSPS) is 10.8. The molecule has 0 fully saturated rings. The van der Waals surface area contributed by atoms with Gasteiger partial charge in [0.15, 0.2) is 11.5 Å². The fraction of sp³-hybridized carbons (Fsp3) is 0.444. The lowest BCUT2D eigenvalue weighted by Crippen LogP contribution is -2.10. The molecule has 0 spiro atoms. The molecule has 0 unspecified atom stereocenters. The molecule has 0 aliphatic rings. The maximum Gasteiger partial charge on any atom is 0.280 e. The van der Waals surface area contributed by atoms with Gasteiger partial charge in [-0.05, 0) is 14.0 Å². The molecular formula is C9H12N4O2. The summed E-state index contributed by atoms with van der Waals surface area (Å²) in [6.45, 7) is 2.63. The fourth-order valence-electron chi connectivity index (χ4n) is 1.16. The van der Waals surface area contributed by atoms with E-state index in [1.165, 1.54) is 0 Å². The summed E-state index contributed by atoms with van der Waals surface area (Å²) >= 11 is 0. The zero-order valence-corrected chi connectivity index (χ0v) is 8.65. The van der Waals surface area contributed by atoms with Crippen LogP contribution in [0, 0.1) is 6.92 Å². The van der Waals surface area contributed by atoms with Crippen molar-refractivity contribution in [1.82, 2.24) is 20.6 Å². The summed E-state index contributed by atoms with van der Waals surface area (Å²) in [7, 11) is 1.88. The quantitative estimate of drug-likeness (QED) is 0.800. The van der Waals surface area contributed by atoms with Crippen LogP contribution in [0.3, 0.4) is 0 Å². The highest BCUT2D eigenvalue weighted by Crippen LogP contribution is 2.16. The van der Waals surface area contributed by atoms with Gasteiger partial charge in [0, 0.05) is 19.0 Å². The predicted molar refractivity (Wildman–Crippen MR) is 52.2 cm³/mol. The molecule has 0 aliphatic heterocycles. The summed E-state index contributed by atoms with van der Waals surface area (Å²) in [6, 6.07) is 1.76. The summed E-state index contributed by atoms with van der Waals surface area (Å²) in [5.41, 5.74) is 0.579. The van der Waals surface area contributed by atoms with Gasteiger partial charge < -0.3 is 14.4 Å². The summed E-state index contributed by atoms with van der Waals surface area (Å²) < 4.78 is 9.97. The Bertz CT molecular complexity index is 435. The van der Waals surface area contributed by atoms with Crippen molar-refractivity contribution in [1.29, 1.82) is 0 Å². The molecule has 0 aliphatic carbocycles. The molecular weight excluding hydrogens is 196 g/mol. The van der Waals surface area contributed by atoms with Crippen molar-refractivity contribution >= 4 is 0 Å². The van der Waals surface area contributed by atoms with Gasteiger partial charge in [-0.1, -0.05) is 10.3 Å². The third kappa shape index (κ3) is 2.21. The molecule has 0 aromatic carbocycles. The van der Waals surface area contributed by atoms with Crippen molar-refractivity contribution in [3.63, 3.8) is 0 Å². The van der Waals surface area contributed by atoms with E-state index in [2.05, 4.69) is 20.6 Å². The lowest BCUT2D eigenvalue weighted by molar-refractivity contribution is 0.388. The Labute approximate surface area is 86.6 Å². The molecule has 0 amide bonds. The average molecular weight is 208 g/mol. The highest BCUT2D eigenvalue weighted by atomic mass is 16.5. The van der Waals surface area contributed by atoms with Crippen molar-refractivity contribution in [3.05, 3.63) is 17.7 Å². The standard InChI is InChI=1S/C9H12N4O2/c1-6-5-7(12-14-6)9-11-8(13-15-9)3-4-10-2/h5,10H,3-4H2,1-2H3. The zero-order valence-electron chi connectivity index (χ0n) is 8.65. The Morgan fingerprint density at radius 1 is 1.33 bits per heavy atom. The number of aryl methyl sites for hydroxylation is 1. The Morgan fingerprint density at radius 2 is 2.20 bits per heavy atom. The van der Waals surface area contributed by atoms with Gasteiger partial charge in [-0.15, -0.1) is 0 Å². The third-order valence-electron chi connectivity index (χ3n) is 1.91. The largest absolute Gasteiger partial charge is 0.361 e. The predicted octanol–water partition coefficient (Wildman–Crippen LogP) is 0.795. The molecule has 6 nitrogen and oxygen atoms in total. The molecule has 2 heterocycles. The second-order valence-electron chi connectivity index (χ2n) is 3.19. The van der Waals surface area contributed by atoms with E-state index in [-0.39, 0.29) is 0 Å². The first-order chi connectivity index (χ1) is 7.29. The number of nitrogens with zero attached hydrogens (tertiary/aromatic N) is 3. The van der Waals surface area contributed by atoms with E-state index >= 15 is 0 Å². The minimum atomic E-state index is 0.401. The van der Waals surface area contributed by atoms with Crippen LogP contribution in [0.1, 0.15) is 11.6 Å². The first-order valence-corrected chi connectivity index (χ1v) is 4.70. The molecule has 0 saturated heterocycles. The van der Waals surface area contributed by atoms with Gasteiger partial charge in [-0.25, -0.2) is 0 Å². The van der Waals surface area contributed by atoms with Crippen molar-refractivity contribution < 1.29 is 9.05 Å². The molecule has 2 aromatic heterocycles. The zero-order chi connectivity index (χ0) is 10.7. The molecule has 0 saturated carbocycles. The van der Waals surface area contributed by atoms with Crippen LogP contribution in [-0.4, -0.2) is 28.9 Å². The first-order valence-electron chi connectivity index (χ1n) is 4.70. The third-order valence-corrected chi connectivity index (χ3v) is 1.91. The fourth-order valence-corrected chi connectivity index (χ4v) is 1.16. The minimum Gasteiger partial charge on any atom is -0.361 e. The number of aromatic nitrogens is 3. The van der Waals surface area contributed by atoms with Gasteiger partial charge in [-0.3, -0.25) is 0 Å². The second-order valence-corrected chi connectivity index (χ2v) is 3.19. The lowest BCUT2D eigenvalue weighted by atomic mass is 10.4. The number of rotatable bonds is 4. The Morgan fingerprint density at radius 3 is 2.87 bits per heavy atom. The van der Waals surface area contributed by atoms with Crippen LogP contribution >= 0.6 is 0 Å². The average Bonchev–Trinajstić information content (AvgIpc) is 2.83. The van der Waals surface area contributed by atoms with Gasteiger partial charge in [0.25, 0.3) is 5.89 Å². The number of likely N-dealkylation sites (N-methyl/N-ethyl adjacent to an activating group) is 1. The van der Waals surface area contributed by atoms with E-state index < -0.39 is 0 Å². The Balaban J connectivity index is 2.13. The van der Waals surface area contributed by atoms with Gasteiger partial charge in [0.2, 0.25) is 0 Å². The van der Waals surface area contributed by atoms with Gasteiger partial charge in [0.1, 0.15) is 5.76 Å². The molecule has 2 aromatic rings. The van der Waals surface area contributed by atoms with Crippen LogP contribution in [0.15, 0.2) is 15.1 Å². The summed E-state index contributed by atoms with van der Waals surface area (Å²) in [4.78, 5) is 4.19. The van der Waals surface area contributed by atoms with Crippen molar-refractivity contribution in [2.24, 2.45) is 0 Å². The molecule has 0 radical (unpaired) electrons. The van der Waals surface area contributed by atoms with E-state index in [0.717, 1.165) is 18.7 Å². The van der Waals surface area contributed by atoms with Crippen molar-refractivity contribution in [2.75, 3.05) is 13.6 Å². The smallest absolute Gasteiger partial charge is 0.280 e. The van der Waals surface area contributed by atoms with Gasteiger partial charge in [-0.2, -0.15) is 4.98 Å². The summed E-state index contributed by atoms with van der Waals surface area (Å²) in [5.74, 6) is 1.79. The van der Waals surface area contributed by atoms with Crippen molar-refractivity contribution in [3.8, 4) is 11.6 Å². The minimum absolute atomic E-state index is 0.401. The molecule has 0 bridgehead atoms. The van der Waals surface area contributed by atoms with Crippen LogP contribution in [0.2, 0.25) is 0 Å². The number of hydrogen-bond acceptors (Lipinski definition) is 6. The van der Waals surface area contributed by atoms with E-state index in [1.807, 2.05) is 14.0 Å². The monoisotopic (exact) mass is 208 g/mol. The van der Waals surface area contributed by atoms with E-state index in [9.17, 15) is 0 Å². The molecule has 1 N–H and O–H groups in total. The molecule has 0 atom stereocenters. The van der Waals surface area contributed by atoms with Crippen LogP contribution in [0.4, 0.5) is 0 Å². The van der Waals surface area contributed by atoms with Crippen LogP contribution in [0.5, 0.6) is 0 Å². The number of nitrogens with one attached hydrogen (secondary N) is 1. The maximum atomic E-state index is 5.05. The van der Waals surface area contributed by atoms with E-state index in [4.69, 9.17) is 9.05 Å². The molecule has 15 heavy (non-hydrogen) atoms. The highest BCUT2D eigenvalue weighted by Gasteiger charge is 2.12. The maximum absolute atomic E-state index is 5.05. The van der Waals surface area contributed by atoms with E-state index in [1.54, 1.807) is 6.07 Å².